The molecule has 2 rings (SSSR count). The Morgan fingerprint density at radius 3 is 2.74 bits per heavy atom. The van der Waals surface area contributed by atoms with Gasteiger partial charge >= 0.3 is 5.97 Å². The predicted octanol–water partition coefficient (Wildman–Crippen LogP) is 0.930. The molecule has 1 atom stereocenters. The number of nitrogens with zero attached hydrogens (tertiary/aromatic N) is 1. The van der Waals surface area contributed by atoms with Gasteiger partial charge in [-0.1, -0.05) is 6.42 Å². The molecule has 0 aromatic rings. The summed E-state index contributed by atoms with van der Waals surface area (Å²) in [6.45, 7) is 4.12. The summed E-state index contributed by atoms with van der Waals surface area (Å²) in [5.41, 5.74) is 0. The van der Waals surface area contributed by atoms with Crippen molar-refractivity contribution in [3.63, 3.8) is 0 Å². The van der Waals surface area contributed by atoms with E-state index in [4.69, 9.17) is 4.74 Å². The van der Waals surface area contributed by atoms with E-state index in [1.807, 2.05) is 11.8 Å². The first-order chi connectivity index (χ1) is 9.20. The first kappa shape index (κ1) is 14.3. The van der Waals surface area contributed by atoms with Crippen molar-refractivity contribution < 1.29 is 14.3 Å². The van der Waals surface area contributed by atoms with Crippen LogP contribution < -0.4 is 5.32 Å². The van der Waals surface area contributed by atoms with E-state index in [1.165, 1.54) is 12.8 Å². The highest BCUT2D eigenvalue weighted by molar-refractivity contribution is 5.80. The SMILES string of the molecule is CCOC(=O)C1CCCCN1CC(=O)NCC1CC1. The Morgan fingerprint density at radius 2 is 2.05 bits per heavy atom. The first-order valence-corrected chi connectivity index (χ1v) is 7.38. The molecule has 1 unspecified atom stereocenters. The van der Waals surface area contributed by atoms with Crippen molar-refractivity contribution in [1.82, 2.24) is 10.2 Å². The molecule has 2 fully saturated rings. The Balaban J connectivity index is 1.80. The summed E-state index contributed by atoms with van der Waals surface area (Å²) >= 11 is 0. The number of rotatable bonds is 6. The summed E-state index contributed by atoms with van der Waals surface area (Å²) in [6, 6.07) is -0.236. The normalized spacial score (nSPS) is 23.9. The second kappa shape index (κ2) is 6.89. The minimum atomic E-state index is -0.236. The van der Waals surface area contributed by atoms with Crippen molar-refractivity contribution in [2.24, 2.45) is 5.92 Å². The van der Waals surface area contributed by atoms with E-state index in [9.17, 15) is 9.59 Å². The van der Waals surface area contributed by atoms with Crippen LogP contribution in [0.15, 0.2) is 0 Å². The molecule has 0 bridgehead atoms. The van der Waals surface area contributed by atoms with Gasteiger partial charge in [-0.2, -0.15) is 0 Å². The zero-order chi connectivity index (χ0) is 13.7. The summed E-state index contributed by atoms with van der Waals surface area (Å²) in [5.74, 6) is 0.534. The molecular weight excluding hydrogens is 244 g/mol. The summed E-state index contributed by atoms with van der Waals surface area (Å²) < 4.78 is 5.09. The first-order valence-electron chi connectivity index (χ1n) is 7.38. The Hall–Kier alpha value is -1.10. The van der Waals surface area contributed by atoms with Crippen molar-refractivity contribution >= 4 is 11.9 Å². The number of nitrogens with one attached hydrogen (secondary N) is 1. The molecule has 2 aliphatic rings. The van der Waals surface area contributed by atoms with Crippen LogP contribution in [-0.2, 0) is 14.3 Å². The minimum absolute atomic E-state index is 0.0306. The van der Waals surface area contributed by atoms with Crippen LogP contribution in [0, 0.1) is 5.92 Å². The van der Waals surface area contributed by atoms with Gasteiger partial charge in [0.25, 0.3) is 0 Å². The molecule has 1 aliphatic heterocycles. The Bertz CT molecular complexity index is 329. The van der Waals surface area contributed by atoms with E-state index in [-0.39, 0.29) is 17.9 Å². The summed E-state index contributed by atoms with van der Waals surface area (Å²) in [6.07, 6.45) is 5.34. The number of amides is 1. The molecule has 5 heteroatoms. The topological polar surface area (TPSA) is 58.6 Å². The second-order valence-electron chi connectivity index (χ2n) is 5.48. The van der Waals surface area contributed by atoms with Crippen LogP contribution in [0.2, 0.25) is 0 Å². The Morgan fingerprint density at radius 1 is 1.26 bits per heavy atom. The van der Waals surface area contributed by atoms with Gasteiger partial charge in [-0.15, -0.1) is 0 Å². The number of carbonyl (C=O) groups excluding carboxylic acids is 2. The Kier molecular flexibility index (Phi) is 5.19. The average molecular weight is 268 g/mol. The lowest BCUT2D eigenvalue weighted by Crippen LogP contribution is -2.49. The third kappa shape index (κ3) is 4.49. The highest BCUT2D eigenvalue weighted by atomic mass is 16.5. The van der Waals surface area contributed by atoms with E-state index in [1.54, 1.807) is 0 Å². The molecule has 0 aromatic heterocycles. The summed E-state index contributed by atoms with van der Waals surface area (Å²) in [7, 11) is 0. The van der Waals surface area contributed by atoms with Gasteiger partial charge in [-0.3, -0.25) is 14.5 Å². The highest BCUT2D eigenvalue weighted by Gasteiger charge is 2.31. The highest BCUT2D eigenvalue weighted by Crippen LogP contribution is 2.27. The fourth-order valence-corrected chi connectivity index (χ4v) is 2.51. The molecule has 1 saturated heterocycles. The van der Waals surface area contributed by atoms with Crippen LogP contribution in [0.4, 0.5) is 0 Å². The molecule has 0 spiro atoms. The van der Waals surface area contributed by atoms with Crippen molar-refractivity contribution in [1.29, 1.82) is 0 Å². The molecule has 5 nitrogen and oxygen atoms in total. The lowest BCUT2D eigenvalue weighted by Gasteiger charge is -2.33. The molecule has 1 aliphatic carbocycles. The summed E-state index contributed by atoms with van der Waals surface area (Å²) in [5, 5.41) is 2.95. The van der Waals surface area contributed by atoms with Crippen molar-refractivity contribution in [3.05, 3.63) is 0 Å². The van der Waals surface area contributed by atoms with E-state index in [0.29, 0.717) is 19.1 Å². The van der Waals surface area contributed by atoms with Gasteiger partial charge in [0.05, 0.1) is 13.2 Å². The van der Waals surface area contributed by atoms with Crippen molar-refractivity contribution in [2.75, 3.05) is 26.2 Å². The van der Waals surface area contributed by atoms with Crippen LogP contribution in [0.25, 0.3) is 0 Å². The maximum Gasteiger partial charge on any atom is 0.323 e. The van der Waals surface area contributed by atoms with Crippen molar-refractivity contribution in [3.8, 4) is 0 Å². The van der Waals surface area contributed by atoms with Crippen LogP contribution in [0.1, 0.15) is 39.0 Å². The quantitative estimate of drug-likeness (QED) is 0.728. The minimum Gasteiger partial charge on any atom is -0.465 e. The number of ether oxygens (including phenoxy) is 1. The number of esters is 1. The molecular formula is C14H24N2O3. The number of hydrogen-bond acceptors (Lipinski definition) is 4. The maximum absolute atomic E-state index is 11.9. The van der Waals surface area contributed by atoms with E-state index in [2.05, 4.69) is 5.32 Å². The van der Waals surface area contributed by atoms with Gasteiger partial charge in [0.1, 0.15) is 6.04 Å². The number of piperidine rings is 1. The van der Waals surface area contributed by atoms with Crippen LogP contribution in [-0.4, -0.2) is 49.1 Å². The van der Waals surface area contributed by atoms with Crippen LogP contribution in [0.5, 0.6) is 0 Å². The molecule has 19 heavy (non-hydrogen) atoms. The molecule has 1 heterocycles. The lowest BCUT2D eigenvalue weighted by molar-refractivity contribution is -0.151. The van der Waals surface area contributed by atoms with E-state index in [0.717, 1.165) is 32.4 Å². The molecule has 1 saturated carbocycles. The van der Waals surface area contributed by atoms with Gasteiger partial charge in [0.15, 0.2) is 0 Å². The van der Waals surface area contributed by atoms with Crippen molar-refractivity contribution in [2.45, 2.75) is 45.1 Å². The van der Waals surface area contributed by atoms with E-state index < -0.39 is 0 Å². The summed E-state index contributed by atoms with van der Waals surface area (Å²) in [4.78, 5) is 25.7. The molecule has 0 aromatic carbocycles. The monoisotopic (exact) mass is 268 g/mol. The lowest BCUT2D eigenvalue weighted by atomic mass is 10.0. The standard InChI is InChI=1S/C14H24N2O3/c1-2-19-14(18)12-5-3-4-8-16(12)10-13(17)15-9-11-6-7-11/h11-12H,2-10H2,1H3,(H,15,17). The molecule has 1 N–H and O–H groups in total. The maximum atomic E-state index is 11.9. The third-order valence-electron chi connectivity index (χ3n) is 3.80. The molecule has 1 amide bonds. The van der Waals surface area contributed by atoms with Crippen LogP contribution in [0.3, 0.4) is 0 Å². The van der Waals surface area contributed by atoms with Gasteiger partial charge in [0.2, 0.25) is 5.91 Å². The predicted molar refractivity (Wildman–Crippen MR) is 71.6 cm³/mol. The molecule has 108 valence electrons. The third-order valence-corrected chi connectivity index (χ3v) is 3.80. The van der Waals surface area contributed by atoms with E-state index >= 15 is 0 Å². The largest absolute Gasteiger partial charge is 0.465 e. The number of carbonyl (C=O) groups is 2. The molecule has 0 radical (unpaired) electrons. The van der Waals surface area contributed by atoms with Gasteiger partial charge in [-0.25, -0.2) is 0 Å². The van der Waals surface area contributed by atoms with Gasteiger partial charge in [-0.05, 0) is 45.1 Å². The Labute approximate surface area is 114 Å². The zero-order valence-corrected chi connectivity index (χ0v) is 11.7. The number of likely N-dealkylation sites (tertiary alicyclic amines) is 1. The zero-order valence-electron chi connectivity index (χ0n) is 11.7. The average Bonchev–Trinajstić information content (AvgIpc) is 3.21. The fraction of sp³-hybridized carbons (Fsp3) is 0.857. The van der Waals surface area contributed by atoms with Gasteiger partial charge in [0, 0.05) is 6.54 Å². The second-order valence-corrected chi connectivity index (χ2v) is 5.48. The van der Waals surface area contributed by atoms with Crippen LogP contribution >= 0.6 is 0 Å². The van der Waals surface area contributed by atoms with Gasteiger partial charge < -0.3 is 10.1 Å². The smallest absolute Gasteiger partial charge is 0.323 e. The fourth-order valence-electron chi connectivity index (χ4n) is 2.51. The number of hydrogen-bond donors (Lipinski definition) is 1.